The molecule has 17 heavy (non-hydrogen) atoms. The third-order valence-corrected chi connectivity index (χ3v) is 2.39. The molecule has 1 rings (SSSR count). The molecule has 0 aliphatic heterocycles. The van der Waals surface area contributed by atoms with Gasteiger partial charge in [-0.1, -0.05) is 12.1 Å². The van der Waals surface area contributed by atoms with Crippen LogP contribution in [0.3, 0.4) is 0 Å². The summed E-state index contributed by atoms with van der Waals surface area (Å²) in [5.41, 5.74) is 6.50. The van der Waals surface area contributed by atoms with Gasteiger partial charge in [-0.25, -0.2) is 0 Å². The Morgan fingerprint density at radius 1 is 1.18 bits per heavy atom. The van der Waals surface area contributed by atoms with Gasteiger partial charge in [-0.2, -0.15) is 0 Å². The monoisotopic (exact) mass is 237 g/mol. The molecule has 0 saturated heterocycles. The fourth-order valence-corrected chi connectivity index (χ4v) is 1.42. The Morgan fingerprint density at radius 2 is 1.76 bits per heavy atom. The van der Waals surface area contributed by atoms with Crippen LogP contribution in [-0.2, 0) is 16.0 Å². The second kappa shape index (κ2) is 6.00. The quantitative estimate of drug-likeness (QED) is 0.676. The number of carbonyl (C=O) groups is 2. The largest absolute Gasteiger partial charge is 0.508 e. The molecule has 0 heterocycles. The first-order valence-corrected chi connectivity index (χ1v) is 5.27. The maximum absolute atomic E-state index is 11.5. The first-order valence-electron chi connectivity index (χ1n) is 5.27. The molecule has 0 bridgehead atoms. The third-order valence-electron chi connectivity index (χ3n) is 2.39. The van der Waals surface area contributed by atoms with Crippen LogP contribution in [0.25, 0.3) is 0 Å². The molecule has 0 aliphatic rings. The molecule has 0 aromatic heterocycles. The van der Waals surface area contributed by atoms with E-state index in [2.05, 4.69) is 0 Å². The topological polar surface area (TPSA) is 101 Å². The number of Topliss-reactive ketones (excluding diaryl/α,β-unsaturated/α-hetero) is 1. The number of phenolic OH excluding ortho intramolecular Hbond substituents is 1. The van der Waals surface area contributed by atoms with Crippen molar-refractivity contribution in [1.82, 2.24) is 0 Å². The number of benzene rings is 1. The van der Waals surface area contributed by atoms with Crippen LogP contribution in [0.5, 0.6) is 5.75 Å². The standard InChI is InChI=1S/C12H15NO4/c13-10(11(15)5-6-12(16)17)7-8-1-3-9(14)4-2-8/h1-4,10,14H,5-7,13H2,(H,16,17)/t10-/m0/s1. The summed E-state index contributed by atoms with van der Waals surface area (Å²) < 4.78 is 0. The van der Waals surface area contributed by atoms with Gasteiger partial charge >= 0.3 is 5.97 Å². The molecule has 0 unspecified atom stereocenters. The molecule has 4 N–H and O–H groups in total. The Morgan fingerprint density at radius 3 is 2.29 bits per heavy atom. The zero-order valence-corrected chi connectivity index (χ0v) is 9.30. The zero-order valence-electron chi connectivity index (χ0n) is 9.30. The van der Waals surface area contributed by atoms with E-state index in [9.17, 15) is 9.59 Å². The number of carboxylic acid groups (broad SMARTS) is 1. The lowest BCUT2D eigenvalue weighted by molar-refractivity contribution is -0.138. The summed E-state index contributed by atoms with van der Waals surface area (Å²) in [5.74, 6) is -1.12. The summed E-state index contributed by atoms with van der Waals surface area (Å²) in [5, 5.41) is 17.5. The van der Waals surface area contributed by atoms with Crippen LogP contribution in [0.15, 0.2) is 24.3 Å². The first kappa shape index (κ1) is 13.2. The normalized spacial score (nSPS) is 12.1. The van der Waals surface area contributed by atoms with Gasteiger partial charge in [-0.15, -0.1) is 0 Å². The summed E-state index contributed by atoms with van der Waals surface area (Å²) in [6, 6.07) is 5.70. The average Bonchev–Trinajstić information content (AvgIpc) is 2.28. The van der Waals surface area contributed by atoms with Gasteiger partial charge < -0.3 is 15.9 Å². The summed E-state index contributed by atoms with van der Waals surface area (Å²) in [6.45, 7) is 0. The van der Waals surface area contributed by atoms with Crippen LogP contribution in [0.4, 0.5) is 0 Å². The number of aliphatic carboxylic acids is 1. The number of hydrogen-bond acceptors (Lipinski definition) is 4. The molecule has 0 radical (unpaired) electrons. The Balaban J connectivity index is 2.48. The van der Waals surface area contributed by atoms with Crippen LogP contribution in [-0.4, -0.2) is 28.0 Å². The lowest BCUT2D eigenvalue weighted by Crippen LogP contribution is -2.32. The van der Waals surface area contributed by atoms with Crippen LogP contribution in [0.2, 0.25) is 0 Å². The van der Waals surface area contributed by atoms with Gasteiger partial charge in [-0.3, -0.25) is 9.59 Å². The van der Waals surface area contributed by atoms with Gasteiger partial charge in [0, 0.05) is 6.42 Å². The molecule has 0 saturated carbocycles. The zero-order chi connectivity index (χ0) is 12.8. The maximum Gasteiger partial charge on any atom is 0.303 e. The van der Waals surface area contributed by atoms with Gasteiger partial charge in [-0.05, 0) is 24.1 Å². The van der Waals surface area contributed by atoms with Gasteiger partial charge in [0.1, 0.15) is 11.5 Å². The van der Waals surface area contributed by atoms with Gasteiger partial charge in [0.2, 0.25) is 0 Å². The van der Waals surface area contributed by atoms with Crippen molar-refractivity contribution in [3.63, 3.8) is 0 Å². The number of phenols is 1. The van der Waals surface area contributed by atoms with E-state index in [0.717, 1.165) is 5.56 Å². The molecule has 92 valence electrons. The SMILES string of the molecule is N[C@@H](Cc1ccc(O)cc1)C(=O)CCC(=O)O. The molecular weight excluding hydrogens is 222 g/mol. The summed E-state index contributed by atoms with van der Waals surface area (Å²) in [6.07, 6.45) is 0.107. The minimum absolute atomic E-state index is 0.0470. The average molecular weight is 237 g/mol. The number of hydrogen-bond donors (Lipinski definition) is 3. The minimum Gasteiger partial charge on any atom is -0.508 e. The number of carbonyl (C=O) groups excluding carboxylic acids is 1. The van der Waals surface area contributed by atoms with Crippen LogP contribution in [0.1, 0.15) is 18.4 Å². The van der Waals surface area contributed by atoms with E-state index in [1.807, 2.05) is 0 Å². The molecule has 5 heteroatoms. The van der Waals surface area contributed by atoms with Crippen molar-refractivity contribution < 1.29 is 19.8 Å². The summed E-state index contributed by atoms with van der Waals surface area (Å²) >= 11 is 0. The Labute approximate surface area is 98.9 Å². The molecule has 0 amide bonds. The van der Waals surface area contributed by atoms with E-state index < -0.39 is 12.0 Å². The highest BCUT2D eigenvalue weighted by Gasteiger charge is 2.15. The number of nitrogens with two attached hydrogens (primary N) is 1. The Kier molecular flexibility index (Phi) is 4.66. The smallest absolute Gasteiger partial charge is 0.303 e. The van der Waals surface area contributed by atoms with Crippen LogP contribution in [0, 0.1) is 0 Å². The molecule has 5 nitrogen and oxygen atoms in total. The Hall–Kier alpha value is -1.88. The Bertz CT molecular complexity index is 399. The van der Waals surface area contributed by atoms with Gasteiger partial charge in [0.05, 0.1) is 12.5 Å². The predicted octanol–water partition coefficient (Wildman–Crippen LogP) is 0.696. The molecule has 1 aromatic rings. The highest BCUT2D eigenvalue weighted by Crippen LogP contribution is 2.11. The van der Waals surface area contributed by atoms with E-state index in [-0.39, 0.29) is 24.4 Å². The molecular formula is C12H15NO4. The highest BCUT2D eigenvalue weighted by atomic mass is 16.4. The van der Waals surface area contributed by atoms with Crippen molar-refractivity contribution in [2.45, 2.75) is 25.3 Å². The van der Waals surface area contributed by atoms with E-state index in [4.69, 9.17) is 15.9 Å². The van der Waals surface area contributed by atoms with Crippen molar-refractivity contribution in [1.29, 1.82) is 0 Å². The van der Waals surface area contributed by atoms with E-state index >= 15 is 0 Å². The third kappa shape index (κ3) is 4.65. The molecule has 1 atom stereocenters. The number of rotatable bonds is 6. The lowest BCUT2D eigenvalue weighted by Gasteiger charge is -2.09. The van der Waals surface area contributed by atoms with Crippen LogP contribution >= 0.6 is 0 Å². The molecule has 1 aromatic carbocycles. The van der Waals surface area contributed by atoms with Gasteiger partial charge in [0.25, 0.3) is 0 Å². The number of aromatic hydroxyl groups is 1. The summed E-state index contributed by atoms with van der Waals surface area (Å²) in [7, 11) is 0. The molecule has 0 spiro atoms. The van der Waals surface area contributed by atoms with Crippen molar-refractivity contribution in [2.75, 3.05) is 0 Å². The number of ketones is 1. The molecule has 0 fully saturated rings. The van der Waals surface area contributed by atoms with E-state index in [0.29, 0.717) is 6.42 Å². The second-order valence-electron chi connectivity index (χ2n) is 3.84. The molecule has 0 aliphatic carbocycles. The van der Waals surface area contributed by atoms with Crippen molar-refractivity contribution in [2.24, 2.45) is 5.73 Å². The first-order chi connectivity index (χ1) is 7.99. The second-order valence-corrected chi connectivity index (χ2v) is 3.84. The van der Waals surface area contributed by atoms with Crippen LogP contribution < -0.4 is 5.73 Å². The fourth-order valence-electron chi connectivity index (χ4n) is 1.42. The lowest BCUT2D eigenvalue weighted by atomic mass is 10.0. The van der Waals surface area contributed by atoms with Crippen molar-refractivity contribution >= 4 is 11.8 Å². The van der Waals surface area contributed by atoms with Crippen molar-refractivity contribution in [3.8, 4) is 5.75 Å². The van der Waals surface area contributed by atoms with E-state index in [1.165, 1.54) is 12.1 Å². The van der Waals surface area contributed by atoms with E-state index in [1.54, 1.807) is 12.1 Å². The number of carboxylic acids is 1. The highest BCUT2D eigenvalue weighted by molar-refractivity contribution is 5.86. The van der Waals surface area contributed by atoms with Gasteiger partial charge in [0.15, 0.2) is 0 Å². The predicted molar refractivity (Wildman–Crippen MR) is 61.7 cm³/mol. The minimum atomic E-state index is -1.00. The summed E-state index contributed by atoms with van der Waals surface area (Å²) in [4.78, 5) is 21.8. The maximum atomic E-state index is 11.5. The van der Waals surface area contributed by atoms with Crippen molar-refractivity contribution in [3.05, 3.63) is 29.8 Å². The fraction of sp³-hybridized carbons (Fsp3) is 0.333.